The molecule has 0 radical (unpaired) electrons. The highest BCUT2D eigenvalue weighted by Gasteiger charge is 2.23. The molecule has 1 amide bonds. The molecule has 1 fully saturated rings. The van der Waals surface area contributed by atoms with Crippen molar-refractivity contribution in [3.63, 3.8) is 0 Å². The topological polar surface area (TPSA) is 41.6 Å². The number of benzene rings is 2. The van der Waals surface area contributed by atoms with Gasteiger partial charge in [0.1, 0.15) is 0 Å². The number of carbonyl (C=O) groups is 1. The molecule has 144 valence electrons. The maximum atomic E-state index is 12.5. The Morgan fingerprint density at radius 1 is 1.15 bits per heavy atom. The van der Waals surface area contributed by atoms with Gasteiger partial charge in [-0.25, -0.2) is 0 Å². The van der Waals surface area contributed by atoms with E-state index < -0.39 is 0 Å². The number of nitrogens with zero attached hydrogens (tertiary/aromatic N) is 1. The lowest BCUT2D eigenvalue weighted by Crippen LogP contribution is -2.35. The molecule has 1 N–H and O–H groups in total. The SMILES string of the molecule is CC(CC1CN(CCc2ccccc2)CCCO1)C(=O)Nc1ccccc1. The highest BCUT2D eigenvalue weighted by atomic mass is 16.5. The fraction of sp³-hybridized carbons (Fsp3) is 0.435. The van der Waals surface area contributed by atoms with Crippen molar-refractivity contribution in [2.24, 2.45) is 5.92 Å². The quantitative estimate of drug-likeness (QED) is 0.806. The maximum Gasteiger partial charge on any atom is 0.227 e. The standard InChI is InChI=1S/C23H30N2O2/c1-19(23(26)24-21-11-6-3-7-12-21)17-22-18-25(14-8-16-27-22)15-13-20-9-4-2-5-10-20/h2-7,9-12,19,22H,8,13-18H2,1H3,(H,24,26). The Kier molecular flexibility index (Phi) is 7.43. The smallest absolute Gasteiger partial charge is 0.227 e. The van der Waals surface area contributed by atoms with E-state index in [1.54, 1.807) is 0 Å². The average molecular weight is 367 g/mol. The first kappa shape index (κ1) is 19.6. The van der Waals surface area contributed by atoms with E-state index in [-0.39, 0.29) is 17.9 Å². The van der Waals surface area contributed by atoms with Crippen LogP contribution in [0.15, 0.2) is 60.7 Å². The molecule has 1 aliphatic rings. The third-order valence-corrected chi connectivity index (χ3v) is 5.10. The monoisotopic (exact) mass is 366 g/mol. The van der Waals surface area contributed by atoms with E-state index in [9.17, 15) is 4.79 Å². The summed E-state index contributed by atoms with van der Waals surface area (Å²) in [5.74, 6) is -0.0193. The van der Waals surface area contributed by atoms with Crippen molar-refractivity contribution in [3.05, 3.63) is 66.2 Å². The Morgan fingerprint density at radius 2 is 1.85 bits per heavy atom. The highest BCUT2D eigenvalue weighted by molar-refractivity contribution is 5.92. The molecular weight excluding hydrogens is 336 g/mol. The van der Waals surface area contributed by atoms with E-state index in [2.05, 4.69) is 40.5 Å². The molecule has 1 saturated heterocycles. The summed E-state index contributed by atoms with van der Waals surface area (Å²) in [6.07, 6.45) is 2.97. The molecule has 2 unspecified atom stereocenters. The van der Waals surface area contributed by atoms with Crippen LogP contribution in [0.25, 0.3) is 0 Å². The van der Waals surface area contributed by atoms with Crippen molar-refractivity contribution in [2.75, 3.05) is 31.6 Å². The van der Waals surface area contributed by atoms with Gasteiger partial charge in [-0.05, 0) is 37.0 Å². The summed E-state index contributed by atoms with van der Waals surface area (Å²) in [6.45, 7) is 5.76. The van der Waals surface area contributed by atoms with Crippen molar-refractivity contribution < 1.29 is 9.53 Å². The molecule has 2 aromatic carbocycles. The number of rotatable bonds is 7. The van der Waals surface area contributed by atoms with Gasteiger partial charge in [-0.1, -0.05) is 55.5 Å². The van der Waals surface area contributed by atoms with E-state index >= 15 is 0 Å². The van der Waals surface area contributed by atoms with Gasteiger partial charge in [0.05, 0.1) is 6.10 Å². The number of anilines is 1. The van der Waals surface area contributed by atoms with Gasteiger partial charge in [0.25, 0.3) is 0 Å². The van der Waals surface area contributed by atoms with Crippen LogP contribution in [0.3, 0.4) is 0 Å². The van der Waals surface area contributed by atoms with Gasteiger partial charge < -0.3 is 15.0 Å². The fourth-order valence-corrected chi connectivity index (χ4v) is 3.54. The van der Waals surface area contributed by atoms with Crippen molar-refractivity contribution in [3.8, 4) is 0 Å². The summed E-state index contributed by atoms with van der Waals surface area (Å²) >= 11 is 0. The predicted octanol–water partition coefficient (Wildman–Crippen LogP) is 3.98. The summed E-state index contributed by atoms with van der Waals surface area (Å²) in [6, 6.07) is 20.2. The number of ether oxygens (including phenoxy) is 1. The third kappa shape index (κ3) is 6.49. The molecule has 1 aliphatic heterocycles. The minimum Gasteiger partial charge on any atom is -0.377 e. The van der Waals surface area contributed by atoms with E-state index in [4.69, 9.17) is 4.74 Å². The molecule has 2 atom stereocenters. The van der Waals surface area contributed by atoms with Crippen molar-refractivity contribution in [1.82, 2.24) is 4.90 Å². The summed E-state index contributed by atoms with van der Waals surface area (Å²) in [5, 5.41) is 3.00. The van der Waals surface area contributed by atoms with Crippen molar-refractivity contribution in [2.45, 2.75) is 32.3 Å². The molecule has 0 aromatic heterocycles. The Bertz CT molecular complexity index is 690. The number of para-hydroxylation sites is 1. The molecule has 3 rings (SSSR count). The second-order valence-corrected chi connectivity index (χ2v) is 7.37. The fourth-order valence-electron chi connectivity index (χ4n) is 3.54. The van der Waals surface area contributed by atoms with Crippen LogP contribution in [0.4, 0.5) is 5.69 Å². The molecule has 0 bridgehead atoms. The van der Waals surface area contributed by atoms with Gasteiger partial charge in [0, 0.05) is 37.8 Å². The van der Waals surface area contributed by atoms with Crippen LogP contribution in [-0.4, -0.2) is 43.2 Å². The summed E-state index contributed by atoms with van der Waals surface area (Å²) in [4.78, 5) is 15.0. The number of hydrogen-bond donors (Lipinski definition) is 1. The van der Waals surface area contributed by atoms with E-state index in [1.165, 1.54) is 5.56 Å². The molecule has 0 saturated carbocycles. The minimum atomic E-state index is -0.0794. The van der Waals surface area contributed by atoms with Crippen LogP contribution in [0.2, 0.25) is 0 Å². The Balaban J connectivity index is 1.48. The first-order valence-electron chi connectivity index (χ1n) is 9.94. The molecule has 1 heterocycles. The number of amides is 1. The lowest BCUT2D eigenvalue weighted by atomic mass is 10.0. The van der Waals surface area contributed by atoms with Gasteiger partial charge in [-0.2, -0.15) is 0 Å². The molecule has 0 spiro atoms. The second kappa shape index (κ2) is 10.2. The largest absolute Gasteiger partial charge is 0.377 e. The molecule has 2 aromatic rings. The normalized spacial score (nSPS) is 19.2. The molecule has 4 heteroatoms. The molecule has 4 nitrogen and oxygen atoms in total. The van der Waals surface area contributed by atoms with E-state index in [1.807, 2.05) is 37.3 Å². The Hall–Kier alpha value is -2.17. The highest BCUT2D eigenvalue weighted by Crippen LogP contribution is 2.17. The van der Waals surface area contributed by atoms with Crippen LogP contribution >= 0.6 is 0 Å². The first-order chi connectivity index (χ1) is 13.2. The summed E-state index contributed by atoms with van der Waals surface area (Å²) in [5.41, 5.74) is 2.22. The van der Waals surface area contributed by atoms with Crippen LogP contribution in [-0.2, 0) is 16.0 Å². The zero-order valence-corrected chi connectivity index (χ0v) is 16.1. The Labute approximate surface area is 162 Å². The Morgan fingerprint density at radius 3 is 2.59 bits per heavy atom. The predicted molar refractivity (Wildman–Crippen MR) is 110 cm³/mol. The van der Waals surface area contributed by atoms with E-state index in [0.29, 0.717) is 0 Å². The third-order valence-electron chi connectivity index (χ3n) is 5.10. The maximum absolute atomic E-state index is 12.5. The molecule has 27 heavy (non-hydrogen) atoms. The van der Waals surface area contributed by atoms with Crippen molar-refractivity contribution in [1.29, 1.82) is 0 Å². The summed E-state index contributed by atoms with van der Waals surface area (Å²) < 4.78 is 6.03. The number of nitrogens with one attached hydrogen (secondary N) is 1. The van der Waals surface area contributed by atoms with Gasteiger partial charge in [-0.15, -0.1) is 0 Å². The summed E-state index contributed by atoms with van der Waals surface area (Å²) in [7, 11) is 0. The minimum absolute atomic E-state index is 0.0601. The first-order valence-corrected chi connectivity index (χ1v) is 9.94. The average Bonchev–Trinajstić information content (AvgIpc) is 2.93. The van der Waals surface area contributed by atoms with Gasteiger partial charge >= 0.3 is 0 Å². The van der Waals surface area contributed by atoms with Gasteiger partial charge in [0.2, 0.25) is 5.91 Å². The van der Waals surface area contributed by atoms with Gasteiger partial charge in [-0.3, -0.25) is 4.79 Å². The van der Waals surface area contributed by atoms with Crippen LogP contribution < -0.4 is 5.32 Å². The lowest BCUT2D eigenvalue weighted by Gasteiger charge is -2.25. The number of carbonyl (C=O) groups excluding carboxylic acids is 1. The molecular formula is C23H30N2O2. The van der Waals surface area contributed by atoms with E-state index in [0.717, 1.165) is 51.2 Å². The second-order valence-electron chi connectivity index (χ2n) is 7.37. The number of hydrogen-bond acceptors (Lipinski definition) is 3. The lowest BCUT2D eigenvalue weighted by molar-refractivity contribution is -0.120. The van der Waals surface area contributed by atoms with Crippen LogP contribution in [0, 0.1) is 5.92 Å². The van der Waals surface area contributed by atoms with Crippen LogP contribution in [0.1, 0.15) is 25.3 Å². The molecule has 0 aliphatic carbocycles. The zero-order chi connectivity index (χ0) is 18.9. The zero-order valence-electron chi connectivity index (χ0n) is 16.1. The van der Waals surface area contributed by atoms with Gasteiger partial charge in [0.15, 0.2) is 0 Å². The van der Waals surface area contributed by atoms with Crippen molar-refractivity contribution >= 4 is 11.6 Å². The van der Waals surface area contributed by atoms with Crippen LogP contribution in [0.5, 0.6) is 0 Å².